The first-order valence-corrected chi connectivity index (χ1v) is 13.5. The maximum atomic E-state index is 6.35. The molecule has 0 aliphatic carbocycles. The van der Waals surface area contributed by atoms with E-state index in [4.69, 9.17) is 16.6 Å². The van der Waals surface area contributed by atoms with Crippen LogP contribution in [0.2, 0.25) is 5.02 Å². The molecular formula is C32H34ClN5. The monoisotopic (exact) mass is 523 g/mol. The van der Waals surface area contributed by atoms with Crippen molar-refractivity contribution in [2.75, 3.05) is 10.6 Å². The number of benzene rings is 2. The van der Waals surface area contributed by atoms with E-state index in [0.717, 1.165) is 82.4 Å². The van der Waals surface area contributed by atoms with Gasteiger partial charge in [-0.25, -0.2) is 4.98 Å². The lowest BCUT2D eigenvalue weighted by atomic mass is 9.98. The van der Waals surface area contributed by atoms with Crippen molar-refractivity contribution in [3.63, 3.8) is 0 Å². The molecule has 194 valence electrons. The third kappa shape index (κ3) is 4.94. The molecule has 1 aromatic heterocycles. The molecule has 3 aromatic rings. The summed E-state index contributed by atoms with van der Waals surface area (Å²) in [4.78, 5) is 11.1. The number of nitrogens with one attached hydrogen (secondary N) is 3. The summed E-state index contributed by atoms with van der Waals surface area (Å²) < 4.78 is 0. The number of hydrogen-bond donors (Lipinski definition) is 3. The molecule has 38 heavy (non-hydrogen) atoms. The van der Waals surface area contributed by atoms with Crippen LogP contribution in [0.15, 0.2) is 97.6 Å². The summed E-state index contributed by atoms with van der Waals surface area (Å²) in [5.74, 6) is 0.983. The summed E-state index contributed by atoms with van der Waals surface area (Å²) in [6.45, 7) is 16.5. The van der Waals surface area contributed by atoms with E-state index in [9.17, 15) is 0 Å². The van der Waals surface area contributed by atoms with Crippen molar-refractivity contribution in [1.29, 1.82) is 0 Å². The van der Waals surface area contributed by atoms with Crippen LogP contribution in [0.3, 0.4) is 0 Å². The number of nitrogens with zero attached hydrogens (tertiary/aromatic N) is 2. The number of imidazole rings is 1. The molecular weight excluding hydrogens is 490 g/mol. The van der Waals surface area contributed by atoms with Crippen molar-refractivity contribution in [3.05, 3.63) is 120 Å². The van der Waals surface area contributed by atoms with Crippen LogP contribution in [0.1, 0.15) is 56.2 Å². The van der Waals surface area contributed by atoms with E-state index in [1.54, 1.807) is 6.20 Å². The van der Waals surface area contributed by atoms with E-state index in [2.05, 4.69) is 90.5 Å². The van der Waals surface area contributed by atoms with Crippen LogP contribution in [0.4, 0.5) is 11.4 Å². The van der Waals surface area contributed by atoms with Gasteiger partial charge < -0.3 is 20.5 Å². The Hall–Kier alpha value is -3.96. The zero-order chi connectivity index (χ0) is 26.8. The molecule has 0 amide bonds. The van der Waals surface area contributed by atoms with Gasteiger partial charge in [0.15, 0.2) is 0 Å². The Morgan fingerprint density at radius 1 is 1.18 bits per heavy atom. The van der Waals surface area contributed by atoms with Crippen LogP contribution < -0.4 is 10.6 Å². The molecule has 5 nitrogen and oxygen atoms in total. The molecule has 1 fully saturated rings. The van der Waals surface area contributed by atoms with E-state index in [-0.39, 0.29) is 6.04 Å². The highest BCUT2D eigenvalue weighted by molar-refractivity contribution is 6.31. The molecule has 1 unspecified atom stereocenters. The highest BCUT2D eigenvalue weighted by Gasteiger charge is 2.35. The van der Waals surface area contributed by atoms with Crippen molar-refractivity contribution < 1.29 is 0 Å². The quantitative estimate of drug-likeness (QED) is 0.262. The van der Waals surface area contributed by atoms with E-state index < -0.39 is 0 Å². The highest BCUT2D eigenvalue weighted by Crippen LogP contribution is 2.46. The van der Waals surface area contributed by atoms with Gasteiger partial charge in [0.2, 0.25) is 0 Å². The number of fused-ring (bicyclic) bond motifs is 1. The summed E-state index contributed by atoms with van der Waals surface area (Å²) in [6.07, 6.45) is 9.75. The Balaban J connectivity index is 1.42. The summed E-state index contributed by atoms with van der Waals surface area (Å²) in [6, 6.07) is 14.4. The summed E-state index contributed by atoms with van der Waals surface area (Å²) in [5, 5.41) is 7.27. The average Bonchev–Trinajstić information content (AvgIpc) is 3.55. The van der Waals surface area contributed by atoms with Crippen molar-refractivity contribution in [2.45, 2.75) is 45.6 Å². The Labute approximate surface area is 230 Å². The Morgan fingerprint density at radius 3 is 2.68 bits per heavy atom. The number of halogens is 1. The van der Waals surface area contributed by atoms with Gasteiger partial charge in [-0.1, -0.05) is 57.3 Å². The first kappa shape index (κ1) is 25.7. The molecule has 0 radical (unpaired) electrons. The number of aromatic nitrogens is 2. The van der Waals surface area contributed by atoms with Crippen LogP contribution >= 0.6 is 11.6 Å². The van der Waals surface area contributed by atoms with Crippen molar-refractivity contribution in [3.8, 4) is 11.3 Å². The minimum Gasteiger partial charge on any atom is -0.362 e. The average molecular weight is 524 g/mol. The number of hydrogen-bond acceptors (Lipinski definition) is 4. The molecule has 0 spiro atoms. The lowest BCUT2D eigenvalue weighted by molar-refractivity contribution is 0.366. The number of H-pyrrole nitrogens is 1. The standard InChI is InChI=1S/C32H34ClN5/c1-6-20(4)35-25-12-9-22(10-13-25)31-28(7-2)36-32(37-31)30-16-14-26-18-23(17-21(5)38(26)30)27-19-24(33)11-15-29(27)34-8-3/h8-13,15,17-19,30,34-35H,3-7,14,16H2,1-2H3,(H,36,37). The maximum Gasteiger partial charge on any atom is 0.130 e. The van der Waals surface area contributed by atoms with Crippen LogP contribution in [0, 0.1) is 0 Å². The van der Waals surface area contributed by atoms with Crippen LogP contribution in [-0.4, -0.2) is 14.9 Å². The van der Waals surface area contributed by atoms with Crippen molar-refractivity contribution in [2.24, 2.45) is 0 Å². The molecule has 2 aliphatic rings. The fourth-order valence-electron chi connectivity index (χ4n) is 5.22. The van der Waals surface area contributed by atoms with Crippen LogP contribution in [-0.2, 0) is 6.42 Å². The van der Waals surface area contributed by atoms with Crippen molar-refractivity contribution in [1.82, 2.24) is 14.9 Å². The predicted octanol–water partition coefficient (Wildman–Crippen LogP) is 8.82. The topological polar surface area (TPSA) is 56.0 Å². The van der Waals surface area contributed by atoms with Gasteiger partial charge in [0.25, 0.3) is 0 Å². The highest BCUT2D eigenvalue weighted by atomic mass is 35.5. The molecule has 3 N–H and O–H groups in total. The lowest BCUT2D eigenvalue weighted by Gasteiger charge is -2.31. The Bertz CT molecular complexity index is 1460. The SMILES string of the molecule is C=CNc1ccc(Cl)cc1C1=CC(=C)N2C(=C1)CCC2c1nc(-c2ccc(NC(=C)CC)cc2)c(CC)[nH]1. The maximum absolute atomic E-state index is 6.35. The number of aryl methyl sites for hydroxylation is 1. The van der Waals surface area contributed by atoms with E-state index >= 15 is 0 Å². The molecule has 2 aliphatic heterocycles. The van der Waals surface area contributed by atoms with Gasteiger partial charge in [-0.2, -0.15) is 0 Å². The second-order valence-electron chi connectivity index (χ2n) is 9.65. The van der Waals surface area contributed by atoms with Crippen LogP contribution in [0.5, 0.6) is 0 Å². The Kier molecular flexibility index (Phi) is 7.30. The van der Waals surface area contributed by atoms with Gasteiger partial charge in [-0.15, -0.1) is 0 Å². The summed E-state index contributed by atoms with van der Waals surface area (Å²) in [7, 11) is 0. The minimum absolute atomic E-state index is 0.115. The molecule has 5 rings (SSSR count). The van der Waals surface area contributed by atoms with Gasteiger partial charge in [0.1, 0.15) is 5.82 Å². The summed E-state index contributed by atoms with van der Waals surface area (Å²) >= 11 is 6.35. The zero-order valence-corrected chi connectivity index (χ0v) is 22.8. The first-order valence-electron chi connectivity index (χ1n) is 13.1. The largest absolute Gasteiger partial charge is 0.362 e. The first-order chi connectivity index (χ1) is 18.4. The van der Waals surface area contributed by atoms with Gasteiger partial charge in [0.05, 0.1) is 11.7 Å². The predicted molar refractivity (Wildman–Crippen MR) is 161 cm³/mol. The van der Waals surface area contributed by atoms with E-state index in [0.29, 0.717) is 5.02 Å². The normalized spacial score (nSPS) is 16.6. The third-order valence-corrected chi connectivity index (χ3v) is 7.41. The summed E-state index contributed by atoms with van der Waals surface area (Å²) in [5.41, 5.74) is 10.6. The molecule has 1 saturated heterocycles. The smallest absolute Gasteiger partial charge is 0.130 e. The van der Waals surface area contributed by atoms with E-state index in [1.807, 2.05) is 18.2 Å². The van der Waals surface area contributed by atoms with E-state index in [1.165, 1.54) is 5.70 Å². The van der Waals surface area contributed by atoms with Crippen LogP contribution in [0.25, 0.3) is 16.8 Å². The van der Waals surface area contributed by atoms with Gasteiger partial charge >= 0.3 is 0 Å². The fraction of sp³-hybridized carbons (Fsp3) is 0.219. The zero-order valence-electron chi connectivity index (χ0n) is 22.1. The number of aromatic amines is 1. The Morgan fingerprint density at radius 2 is 1.97 bits per heavy atom. The number of allylic oxidation sites excluding steroid dienone is 5. The second-order valence-corrected chi connectivity index (χ2v) is 10.1. The lowest BCUT2D eigenvalue weighted by Crippen LogP contribution is -2.23. The minimum atomic E-state index is 0.115. The molecule has 1 atom stereocenters. The molecule has 6 heteroatoms. The van der Waals surface area contributed by atoms with Gasteiger partial charge in [-0.05, 0) is 79.9 Å². The fourth-order valence-corrected chi connectivity index (χ4v) is 5.39. The number of rotatable bonds is 9. The molecule has 0 bridgehead atoms. The molecule has 3 heterocycles. The third-order valence-electron chi connectivity index (χ3n) is 7.17. The van der Waals surface area contributed by atoms with Crippen molar-refractivity contribution >= 4 is 28.5 Å². The molecule has 2 aromatic carbocycles. The van der Waals surface area contributed by atoms with Gasteiger partial charge in [0, 0.05) is 50.3 Å². The number of anilines is 2. The van der Waals surface area contributed by atoms with Gasteiger partial charge in [-0.3, -0.25) is 0 Å². The molecule has 0 saturated carbocycles. The second kappa shape index (κ2) is 10.8.